The number of benzene rings is 2. The van der Waals surface area contributed by atoms with E-state index in [9.17, 15) is 4.39 Å². The maximum atomic E-state index is 13.6. The van der Waals surface area contributed by atoms with Gasteiger partial charge in [0.05, 0.1) is 18.5 Å². The van der Waals surface area contributed by atoms with Crippen LogP contribution < -0.4 is 15.4 Å². The number of nitrogens with zero attached hydrogens (tertiary/aromatic N) is 5. The zero-order valence-corrected chi connectivity index (χ0v) is 21.1. The maximum Gasteiger partial charge on any atom is 0.229 e. The Kier molecular flexibility index (Phi) is 6.75. The van der Waals surface area contributed by atoms with Gasteiger partial charge in [-0.2, -0.15) is 4.98 Å². The molecule has 1 atom stereocenters. The molecule has 2 N–H and O–H groups in total. The average molecular weight is 508 g/mol. The molecule has 10 heteroatoms. The molecule has 0 aliphatic carbocycles. The normalized spacial score (nSPS) is 15.4. The van der Waals surface area contributed by atoms with E-state index in [-0.39, 0.29) is 11.7 Å². The smallest absolute Gasteiger partial charge is 0.229 e. The van der Waals surface area contributed by atoms with Crippen LogP contribution in [0.2, 0.25) is 5.15 Å². The van der Waals surface area contributed by atoms with Crippen molar-refractivity contribution in [3.63, 3.8) is 0 Å². The molecule has 5 rings (SSSR count). The molecule has 0 saturated heterocycles. The van der Waals surface area contributed by atoms with Gasteiger partial charge in [0, 0.05) is 49.1 Å². The van der Waals surface area contributed by atoms with E-state index in [1.807, 2.05) is 37.3 Å². The monoisotopic (exact) mass is 507 g/mol. The zero-order valence-electron chi connectivity index (χ0n) is 20.3. The van der Waals surface area contributed by atoms with Gasteiger partial charge in [-0.3, -0.25) is 0 Å². The Morgan fingerprint density at radius 3 is 2.67 bits per heavy atom. The minimum Gasteiger partial charge on any atom is -0.494 e. The quantitative estimate of drug-likeness (QED) is 0.355. The van der Waals surface area contributed by atoms with E-state index in [2.05, 4.69) is 27.6 Å². The first-order chi connectivity index (χ1) is 17.4. The van der Waals surface area contributed by atoms with Gasteiger partial charge in [0.25, 0.3) is 0 Å². The zero-order chi connectivity index (χ0) is 25.2. The van der Waals surface area contributed by atoms with Gasteiger partial charge in [-0.15, -0.1) is 0 Å². The summed E-state index contributed by atoms with van der Waals surface area (Å²) >= 11 is 5.99. The third kappa shape index (κ3) is 4.84. The lowest BCUT2D eigenvalue weighted by Crippen LogP contribution is -2.33. The summed E-state index contributed by atoms with van der Waals surface area (Å²) in [5, 5.41) is 7.13. The van der Waals surface area contributed by atoms with E-state index in [0.717, 1.165) is 53.6 Å². The van der Waals surface area contributed by atoms with Crippen LogP contribution in [0.5, 0.6) is 5.75 Å². The minimum absolute atomic E-state index is 0.0109. The molecule has 0 amide bonds. The molecule has 2 aromatic heterocycles. The van der Waals surface area contributed by atoms with E-state index in [1.54, 1.807) is 24.2 Å². The first kappa shape index (κ1) is 24.0. The lowest BCUT2D eigenvalue weighted by molar-refractivity contribution is 0.291. The van der Waals surface area contributed by atoms with E-state index >= 15 is 0 Å². The van der Waals surface area contributed by atoms with Gasteiger partial charge in [0.1, 0.15) is 28.9 Å². The summed E-state index contributed by atoms with van der Waals surface area (Å²) in [6, 6.07) is 12.4. The summed E-state index contributed by atoms with van der Waals surface area (Å²) in [6.07, 6.45) is 3.35. The summed E-state index contributed by atoms with van der Waals surface area (Å²) in [4.78, 5) is 16.1. The van der Waals surface area contributed by atoms with Gasteiger partial charge < -0.3 is 24.8 Å². The molecular weight excluding hydrogens is 481 g/mol. The Labute approximate surface area is 214 Å². The van der Waals surface area contributed by atoms with Gasteiger partial charge in [-0.25, -0.2) is 14.4 Å². The first-order valence-corrected chi connectivity index (χ1v) is 12.1. The molecular formula is C26H27ClFN7O. The Hall–Kier alpha value is -3.69. The van der Waals surface area contributed by atoms with Crippen molar-refractivity contribution < 1.29 is 9.13 Å². The molecule has 1 aliphatic heterocycles. The molecule has 1 unspecified atom stereocenters. The highest BCUT2D eigenvalue weighted by atomic mass is 35.5. The highest BCUT2D eigenvalue weighted by Gasteiger charge is 2.30. The van der Waals surface area contributed by atoms with Crippen molar-refractivity contribution in [1.82, 2.24) is 24.4 Å². The fraction of sp³-hybridized carbons (Fsp3) is 0.269. The van der Waals surface area contributed by atoms with E-state index in [1.165, 1.54) is 12.1 Å². The number of likely N-dealkylation sites (N-methyl/N-ethyl adjacent to an activating group) is 1. The molecule has 186 valence electrons. The van der Waals surface area contributed by atoms with Crippen LogP contribution in [0.1, 0.15) is 29.7 Å². The highest BCUT2D eigenvalue weighted by Crippen LogP contribution is 2.36. The molecule has 8 nitrogen and oxygen atoms in total. The lowest BCUT2D eigenvalue weighted by Gasteiger charge is -2.33. The van der Waals surface area contributed by atoms with E-state index in [0.29, 0.717) is 16.9 Å². The second-order valence-corrected chi connectivity index (χ2v) is 9.09. The number of halogens is 2. The molecule has 2 aromatic carbocycles. The third-order valence-electron chi connectivity index (χ3n) is 6.17. The molecule has 0 saturated carbocycles. The van der Waals surface area contributed by atoms with Gasteiger partial charge in [0.2, 0.25) is 5.95 Å². The van der Waals surface area contributed by atoms with Crippen LogP contribution in [0.15, 0.2) is 55.0 Å². The predicted molar refractivity (Wildman–Crippen MR) is 139 cm³/mol. The van der Waals surface area contributed by atoms with Crippen molar-refractivity contribution in [2.75, 3.05) is 37.9 Å². The summed E-state index contributed by atoms with van der Waals surface area (Å²) in [5.41, 5.74) is 4.58. The predicted octanol–water partition coefficient (Wildman–Crippen LogP) is 5.22. The highest BCUT2D eigenvalue weighted by molar-refractivity contribution is 6.29. The Morgan fingerprint density at radius 1 is 1.17 bits per heavy atom. The van der Waals surface area contributed by atoms with Crippen LogP contribution in [-0.2, 0) is 6.54 Å². The molecule has 0 spiro atoms. The Balaban J connectivity index is 1.53. The van der Waals surface area contributed by atoms with Crippen molar-refractivity contribution in [1.29, 1.82) is 0 Å². The third-order valence-corrected chi connectivity index (χ3v) is 6.37. The van der Waals surface area contributed by atoms with Crippen molar-refractivity contribution in [3.8, 4) is 11.4 Å². The van der Waals surface area contributed by atoms with Gasteiger partial charge in [0.15, 0.2) is 0 Å². The van der Waals surface area contributed by atoms with Crippen molar-refractivity contribution >= 4 is 29.1 Å². The number of aromatic nitrogens is 4. The van der Waals surface area contributed by atoms with Crippen LogP contribution in [0.25, 0.3) is 5.69 Å². The van der Waals surface area contributed by atoms with Crippen molar-refractivity contribution in [3.05, 3.63) is 82.8 Å². The summed E-state index contributed by atoms with van der Waals surface area (Å²) in [6.45, 7) is 4.27. The number of rotatable bonds is 7. The summed E-state index contributed by atoms with van der Waals surface area (Å²) in [5.74, 6) is 1.65. The van der Waals surface area contributed by atoms with E-state index in [4.69, 9.17) is 26.3 Å². The fourth-order valence-electron chi connectivity index (χ4n) is 4.53. The summed E-state index contributed by atoms with van der Waals surface area (Å²) < 4.78 is 21.0. The van der Waals surface area contributed by atoms with Crippen LogP contribution in [0.3, 0.4) is 0 Å². The lowest BCUT2D eigenvalue weighted by atomic mass is 9.89. The molecule has 1 aliphatic rings. The first-order valence-electron chi connectivity index (χ1n) is 11.7. The van der Waals surface area contributed by atoms with Gasteiger partial charge >= 0.3 is 0 Å². The van der Waals surface area contributed by atoms with Crippen LogP contribution in [-0.4, -0.2) is 51.7 Å². The van der Waals surface area contributed by atoms with Crippen molar-refractivity contribution in [2.45, 2.75) is 19.4 Å². The van der Waals surface area contributed by atoms with Crippen LogP contribution >= 0.6 is 11.6 Å². The summed E-state index contributed by atoms with van der Waals surface area (Å²) in [7, 11) is 3.69. The van der Waals surface area contributed by atoms with Gasteiger partial charge in [-0.05, 0) is 43.8 Å². The van der Waals surface area contributed by atoms with Crippen LogP contribution in [0.4, 0.5) is 21.8 Å². The molecule has 0 bridgehead atoms. The maximum absolute atomic E-state index is 13.6. The van der Waals surface area contributed by atoms with Gasteiger partial charge in [-0.1, -0.05) is 23.7 Å². The standard InChI is InChI=1S/C26H27ClFN7O/c1-4-29-25-20-13-34(2)12-19(16-5-7-17(28)8-6-16)24(20)32-26(33-25)31-18-9-10-21(22(11-18)36-3)35-14-23(27)30-15-35/h5-11,14-15,19H,4,12-13H2,1-3H3,(H2,29,31,32,33). The number of hydrogen-bond acceptors (Lipinski definition) is 7. The number of methoxy groups -OCH3 is 1. The number of hydrogen-bond donors (Lipinski definition) is 2. The Bertz CT molecular complexity index is 1380. The molecule has 36 heavy (non-hydrogen) atoms. The number of nitrogens with one attached hydrogen (secondary N) is 2. The van der Waals surface area contributed by atoms with Crippen LogP contribution in [0, 0.1) is 5.82 Å². The number of fused-ring (bicyclic) bond motifs is 1. The van der Waals surface area contributed by atoms with E-state index < -0.39 is 0 Å². The SMILES string of the molecule is CCNc1nc(Nc2ccc(-n3cnc(Cl)c3)c(OC)c2)nc2c1CN(C)CC2c1ccc(F)cc1. The molecule has 3 heterocycles. The number of anilines is 3. The molecule has 0 radical (unpaired) electrons. The second-order valence-electron chi connectivity index (χ2n) is 8.71. The molecule has 4 aromatic rings. The average Bonchev–Trinajstić information content (AvgIpc) is 3.30. The topological polar surface area (TPSA) is 80.1 Å². The fourth-order valence-corrected chi connectivity index (χ4v) is 4.68. The minimum atomic E-state index is -0.253. The number of ether oxygens (including phenoxy) is 1. The largest absolute Gasteiger partial charge is 0.494 e. The molecule has 0 fully saturated rings. The van der Waals surface area contributed by atoms with Crippen molar-refractivity contribution in [2.24, 2.45) is 0 Å². The number of imidazole rings is 1. The Morgan fingerprint density at radius 2 is 1.97 bits per heavy atom. The second kappa shape index (κ2) is 10.1.